The van der Waals surface area contributed by atoms with Gasteiger partial charge in [0, 0.05) is 0 Å². The van der Waals surface area contributed by atoms with Crippen LogP contribution < -0.4 is 0 Å². The molecule has 0 aliphatic rings. The lowest BCUT2D eigenvalue weighted by molar-refractivity contribution is 0.898. The standard InChI is InChI=1S/C20H18S.2C2H6/c1-21-20(17-11-5-2-6-12-17,18-13-7-3-8-14-18)19-15-9-4-10-16-19;2*1-2/h2-16H,1H3;2*1-2H3. The van der Waals surface area contributed by atoms with E-state index >= 15 is 0 Å². The highest BCUT2D eigenvalue weighted by atomic mass is 32.2. The zero-order valence-electron chi connectivity index (χ0n) is 16.1. The molecule has 3 rings (SSSR count). The van der Waals surface area contributed by atoms with Gasteiger partial charge in [0.05, 0.1) is 4.75 Å². The van der Waals surface area contributed by atoms with Crippen LogP contribution in [0.15, 0.2) is 91.0 Å². The van der Waals surface area contributed by atoms with Gasteiger partial charge in [-0.2, -0.15) is 0 Å². The van der Waals surface area contributed by atoms with E-state index in [-0.39, 0.29) is 4.75 Å². The molecule has 0 N–H and O–H groups in total. The van der Waals surface area contributed by atoms with Gasteiger partial charge in [-0.25, -0.2) is 0 Å². The molecule has 0 amide bonds. The molecular formula is C24H30S. The Morgan fingerprint density at radius 1 is 0.480 bits per heavy atom. The molecule has 0 saturated carbocycles. The Morgan fingerprint density at radius 2 is 0.720 bits per heavy atom. The molecule has 0 spiro atoms. The number of benzene rings is 3. The summed E-state index contributed by atoms with van der Waals surface area (Å²) in [5, 5.41) is 0. The molecule has 0 fully saturated rings. The second-order valence-electron chi connectivity index (χ2n) is 4.98. The van der Waals surface area contributed by atoms with Gasteiger partial charge in [0.1, 0.15) is 0 Å². The molecule has 132 valence electrons. The van der Waals surface area contributed by atoms with Crippen LogP contribution in [0.1, 0.15) is 44.4 Å². The topological polar surface area (TPSA) is 0 Å². The zero-order valence-corrected chi connectivity index (χ0v) is 16.9. The van der Waals surface area contributed by atoms with Crippen molar-refractivity contribution in [3.05, 3.63) is 108 Å². The van der Waals surface area contributed by atoms with Gasteiger partial charge < -0.3 is 0 Å². The van der Waals surface area contributed by atoms with E-state index in [1.807, 2.05) is 39.5 Å². The van der Waals surface area contributed by atoms with Crippen LogP contribution in [0.2, 0.25) is 0 Å². The molecule has 0 aromatic heterocycles. The first-order chi connectivity index (χ1) is 12.4. The van der Waals surface area contributed by atoms with Gasteiger partial charge in [0.15, 0.2) is 0 Å². The highest BCUT2D eigenvalue weighted by molar-refractivity contribution is 8.00. The Kier molecular flexibility index (Phi) is 9.72. The average Bonchev–Trinajstić information content (AvgIpc) is 2.74. The summed E-state index contributed by atoms with van der Waals surface area (Å²) in [5.74, 6) is 0. The van der Waals surface area contributed by atoms with Crippen LogP contribution in [0.3, 0.4) is 0 Å². The Balaban J connectivity index is 0.000000730. The quantitative estimate of drug-likeness (QED) is 0.442. The Morgan fingerprint density at radius 3 is 0.920 bits per heavy atom. The van der Waals surface area contributed by atoms with Crippen molar-refractivity contribution in [1.29, 1.82) is 0 Å². The number of rotatable bonds is 4. The minimum Gasteiger partial charge on any atom is -0.144 e. The van der Waals surface area contributed by atoms with E-state index in [1.54, 1.807) is 0 Å². The van der Waals surface area contributed by atoms with E-state index in [2.05, 4.69) is 97.3 Å². The second kappa shape index (κ2) is 11.5. The van der Waals surface area contributed by atoms with Crippen molar-refractivity contribution in [2.45, 2.75) is 32.4 Å². The van der Waals surface area contributed by atoms with E-state index in [0.29, 0.717) is 0 Å². The van der Waals surface area contributed by atoms with Crippen molar-refractivity contribution in [2.24, 2.45) is 0 Å². The van der Waals surface area contributed by atoms with Crippen molar-refractivity contribution in [2.75, 3.05) is 6.26 Å². The predicted molar refractivity (Wildman–Crippen MR) is 115 cm³/mol. The lowest BCUT2D eigenvalue weighted by atomic mass is 9.84. The SMILES string of the molecule is CC.CC.CSC(c1ccccc1)(c1ccccc1)c1ccccc1. The van der Waals surface area contributed by atoms with Crippen LogP contribution >= 0.6 is 11.8 Å². The van der Waals surface area contributed by atoms with E-state index < -0.39 is 0 Å². The van der Waals surface area contributed by atoms with Crippen molar-refractivity contribution >= 4 is 11.8 Å². The summed E-state index contributed by atoms with van der Waals surface area (Å²) in [6.07, 6.45) is 2.19. The third-order valence-corrected chi connectivity index (χ3v) is 5.17. The summed E-state index contributed by atoms with van der Waals surface area (Å²) in [6, 6.07) is 32.2. The number of hydrogen-bond donors (Lipinski definition) is 0. The van der Waals surface area contributed by atoms with Gasteiger partial charge in [-0.1, -0.05) is 119 Å². The maximum atomic E-state index is 2.22. The minimum atomic E-state index is -0.163. The molecule has 0 atom stereocenters. The van der Waals surface area contributed by atoms with E-state index in [4.69, 9.17) is 0 Å². The fourth-order valence-corrected chi connectivity index (χ4v) is 3.99. The van der Waals surface area contributed by atoms with Gasteiger partial charge in [-0.3, -0.25) is 0 Å². The van der Waals surface area contributed by atoms with Crippen LogP contribution in [-0.2, 0) is 4.75 Å². The lowest BCUT2D eigenvalue weighted by Gasteiger charge is -2.34. The molecule has 0 bridgehead atoms. The normalized spacial score (nSPS) is 9.96. The molecule has 25 heavy (non-hydrogen) atoms. The highest BCUT2D eigenvalue weighted by Gasteiger charge is 2.35. The molecular weight excluding hydrogens is 320 g/mol. The average molecular weight is 351 g/mol. The summed E-state index contributed by atoms with van der Waals surface area (Å²) < 4.78 is -0.163. The lowest BCUT2D eigenvalue weighted by Crippen LogP contribution is -2.24. The fraction of sp³-hybridized carbons (Fsp3) is 0.250. The maximum Gasteiger partial charge on any atom is 0.0904 e. The third-order valence-electron chi connectivity index (χ3n) is 3.85. The minimum absolute atomic E-state index is 0.163. The Labute approximate surface area is 158 Å². The predicted octanol–water partition coefficient (Wildman–Crippen LogP) is 7.39. The summed E-state index contributed by atoms with van der Waals surface area (Å²) in [7, 11) is 0. The van der Waals surface area contributed by atoms with Gasteiger partial charge in [-0.15, -0.1) is 11.8 Å². The summed E-state index contributed by atoms with van der Waals surface area (Å²) in [6.45, 7) is 8.00. The maximum absolute atomic E-state index is 2.22. The van der Waals surface area contributed by atoms with Crippen LogP contribution in [0.25, 0.3) is 0 Å². The first-order valence-electron chi connectivity index (χ1n) is 9.09. The number of hydrogen-bond acceptors (Lipinski definition) is 1. The highest BCUT2D eigenvalue weighted by Crippen LogP contribution is 2.46. The van der Waals surface area contributed by atoms with Crippen LogP contribution in [0, 0.1) is 0 Å². The molecule has 0 radical (unpaired) electrons. The third kappa shape index (κ3) is 4.76. The fourth-order valence-electron chi connectivity index (χ4n) is 2.87. The number of thioether (sulfide) groups is 1. The van der Waals surface area contributed by atoms with Crippen LogP contribution in [0.4, 0.5) is 0 Å². The largest absolute Gasteiger partial charge is 0.144 e. The summed E-state index contributed by atoms with van der Waals surface area (Å²) >= 11 is 1.88. The van der Waals surface area contributed by atoms with Crippen LogP contribution in [0.5, 0.6) is 0 Å². The zero-order chi connectivity index (χ0) is 18.5. The molecule has 3 aromatic rings. The molecule has 0 heterocycles. The van der Waals surface area contributed by atoms with Crippen molar-refractivity contribution < 1.29 is 0 Å². The summed E-state index contributed by atoms with van der Waals surface area (Å²) in [5.41, 5.74) is 3.94. The molecule has 0 saturated heterocycles. The Hall–Kier alpha value is -1.99. The molecule has 1 heteroatoms. The van der Waals surface area contributed by atoms with Gasteiger partial charge in [0.2, 0.25) is 0 Å². The van der Waals surface area contributed by atoms with Gasteiger partial charge >= 0.3 is 0 Å². The van der Waals surface area contributed by atoms with E-state index in [1.165, 1.54) is 16.7 Å². The van der Waals surface area contributed by atoms with Crippen molar-refractivity contribution in [1.82, 2.24) is 0 Å². The molecule has 0 aliphatic carbocycles. The first-order valence-corrected chi connectivity index (χ1v) is 10.3. The van der Waals surface area contributed by atoms with E-state index in [0.717, 1.165) is 0 Å². The van der Waals surface area contributed by atoms with Crippen LogP contribution in [-0.4, -0.2) is 6.26 Å². The first kappa shape index (κ1) is 21.1. The molecule has 3 aromatic carbocycles. The second-order valence-corrected chi connectivity index (χ2v) is 6.00. The van der Waals surface area contributed by atoms with E-state index in [9.17, 15) is 0 Å². The monoisotopic (exact) mass is 350 g/mol. The molecule has 0 aliphatic heterocycles. The smallest absolute Gasteiger partial charge is 0.0904 e. The van der Waals surface area contributed by atoms with Gasteiger partial charge in [0.25, 0.3) is 0 Å². The molecule has 0 unspecified atom stereocenters. The van der Waals surface area contributed by atoms with Crippen molar-refractivity contribution in [3.8, 4) is 0 Å². The Bertz CT molecular complexity index is 578. The van der Waals surface area contributed by atoms with Gasteiger partial charge in [-0.05, 0) is 22.9 Å². The summed E-state index contributed by atoms with van der Waals surface area (Å²) in [4.78, 5) is 0. The molecule has 0 nitrogen and oxygen atoms in total. The van der Waals surface area contributed by atoms with Crippen molar-refractivity contribution in [3.63, 3.8) is 0 Å².